The Bertz CT molecular complexity index is 344. The Morgan fingerprint density at radius 1 is 1.38 bits per heavy atom. The molecular formula is C11H16Cl3NO. The van der Waals surface area contributed by atoms with Crippen LogP contribution in [0, 0.1) is 0 Å². The molecule has 16 heavy (non-hydrogen) atoms. The van der Waals surface area contributed by atoms with E-state index in [-0.39, 0.29) is 18.4 Å². The Morgan fingerprint density at radius 2 is 2.00 bits per heavy atom. The third kappa shape index (κ3) is 4.02. The number of hydrogen-bond donors (Lipinski definition) is 1. The van der Waals surface area contributed by atoms with Gasteiger partial charge in [-0.2, -0.15) is 0 Å². The van der Waals surface area contributed by atoms with Gasteiger partial charge in [0.05, 0.1) is 12.1 Å². The van der Waals surface area contributed by atoms with Crippen LogP contribution in [0.3, 0.4) is 0 Å². The summed E-state index contributed by atoms with van der Waals surface area (Å²) >= 11 is 11.9. The third-order valence-electron chi connectivity index (χ3n) is 2.30. The fourth-order valence-corrected chi connectivity index (χ4v) is 2.03. The molecule has 0 amide bonds. The van der Waals surface area contributed by atoms with E-state index in [9.17, 15) is 0 Å². The van der Waals surface area contributed by atoms with Crippen LogP contribution in [0.2, 0.25) is 10.0 Å². The van der Waals surface area contributed by atoms with E-state index >= 15 is 0 Å². The summed E-state index contributed by atoms with van der Waals surface area (Å²) in [6.45, 7) is 2.04. The SMILES string of the molecule is CCC(N)Cc1cc(Cl)cc(Cl)c1OC.Cl. The smallest absolute Gasteiger partial charge is 0.140 e. The topological polar surface area (TPSA) is 35.2 Å². The lowest BCUT2D eigenvalue weighted by Gasteiger charge is -2.14. The summed E-state index contributed by atoms with van der Waals surface area (Å²) in [7, 11) is 1.59. The molecule has 0 saturated heterocycles. The highest BCUT2D eigenvalue weighted by molar-refractivity contribution is 6.35. The first-order chi connectivity index (χ1) is 7.08. The second-order valence-electron chi connectivity index (χ2n) is 3.45. The highest BCUT2D eigenvalue weighted by Crippen LogP contribution is 2.32. The van der Waals surface area contributed by atoms with Crippen molar-refractivity contribution in [2.24, 2.45) is 5.73 Å². The molecule has 5 heteroatoms. The molecule has 0 bridgehead atoms. The highest BCUT2D eigenvalue weighted by atomic mass is 35.5. The van der Waals surface area contributed by atoms with Crippen molar-refractivity contribution in [3.63, 3.8) is 0 Å². The van der Waals surface area contributed by atoms with Gasteiger partial charge in [0, 0.05) is 11.1 Å². The number of nitrogens with two attached hydrogens (primary N) is 1. The number of methoxy groups -OCH3 is 1. The van der Waals surface area contributed by atoms with Gasteiger partial charge in [-0.15, -0.1) is 12.4 Å². The molecule has 0 radical (unpaired) electrons. The molecule has 1 atom stereocenters. The third-order valence-corrected chi connectivity index (χ3v) is 2.79. The van der Waals surface area contributed by atoms with E-state index in [2.05, 4.69) is 0 Å². The number of hydrogen-bond acceptors (Lipinski definition) is 2. The molecule has 1 rings (SSSR count). The first-order valence-corrected chi connectivity index (χ1v) is 5.61. The van der Waals surface area contributed by atoms with Gasteiger partial charge < -0.3 is 10.5 Å². The summed E-state index contributed by atoms with van der Waals surface area (Å²) in [6, 6.07) is 3.62. The lowest BCUT2D eigenvalue weighted by molar-refractivity contribution is 0.408. The van der Waals surface area contributed by atoms with E-state index < -0.39 is 0 Å². The van der Waals surface area contributed by atoms with E-state index in [0.29, 0.717) is 15.8 Å². The van der Waals surface area contributed by atoms with E-state index in [1.165, 1.54) is 0 Å². The van der Waals surface area contributed by atoms with Gasteiger partial charge in [0.25, 0.3) is 0 Å². The van der Waals surface area contributed by atoms with Gasteiger partial charge in [-0.3, -0.25) is 0 Å². The van der Waals surface area contributed by atoms with Crippen LogP contribution in [-0.2, 0) is 6.42 Å². The standard InChI is InChI=1S/C11H15Cl2NO.ClH/c1-3-9(14)5-7-4-8(12)6-10(13)11(7)15-2;/h4,6,9H,3,5,14H2,1-2H3;1H. The van der Waals surface area contributed by atoms with Crippen LogP contribution in [0.4, 0.5) is 0 Å². The average molecular weight is 285 g/mol. The fourth-order valence-electron chi connectivity index (χ4n) is 1.42. The zero-order valence-corrected chi connectivity index (χ0v) is 11.6. The lowest BCUT2D eigenvalue weighted by Crippen LogP contribution is -2.21. The van der Waals surface area contributed by atoms with Crippen molar-refractivity contribution in [3.8, 4) is 5.75 Å². The summed E-state index contributed by atoms with van der Waals surface area (Å²) in [6.07, 6.45) is 1.63. The summed E-state index contributed by atoms with van der Waals surface area (Å²) in [5.41, 5.74) is 6.85. The summed E-state index contributed by atoms with van der Waals surface area (Å²) in [5, 5.41) is 1.14. The molecule has 0 aliphatic rings. The molecule has 0 spiro atoms. The van der Waals surface area contributed by atoms with E-state index in [1.807, 2.05) is 13.0 Å². The second kappa shape index (κ2) is 7.23. The molecule has 0 fully saturated rings. The van der Waals surface area contributed by atoms with Gasteiger partial charge in [0.1, 0.15) is 5.75 Å². The van der Waals surface area contributed by atoms with Gasteiger partial charge in [-0.1, -0.05) is 30.1 Å². The van der Waals surface area contributed by atoms with E-state index in [4.69, 9.17) is 33.7 Å². The normalized spacial score (nSPS) is 11.8. The van der Waals surface area contributed by atoms with Gasteiger partial charge in [-0.25, -0.2) is 0 Å². The lowest BCUT2D eigenvalue weighted by atomic mass is 10.0. The van der Waals surface area contributed by atoms with Crippen LogP contribution in [0.15, 0.2) is 12.1 Å². The zero-order valence-electron chi connectivity index (χ0n) is 9.30. The molecule has 92 valence electrons. The molecule has 1 aromatic carbocycles. The van der Waals surface area contributed by atoms with Crippen LogP contribution in [0.1, 0.15) is 18.9 Å². The maximum absolute atomic E-state index is 6.01. The highest BCUT2D eigenvalue weighted by Gasteiger charge is 2.12. The molecule has 1 aromatic rings. The van der Waals surface area contributed by atoms with Crippen LogP contribution >= 0.6 is 35.6 Å². The van der Waals surface area contributed by atoms with Gasteiger partial charge >= 0.3 is 0 Å². The number of ether oxygens (including phenoxy) is 1. The minimum Gasteiger partial charge on any atom is -0.495 e. The largest absolute Gasteiger partial charge is 0.495 e. The van der Waals surface area contributed by atoms with Crippen LogP contribution in [0.25, 0.3) is 0 Å². The monoisotopic (exact) mass is 283 g/mol. The van der Waals surface area contributed by atoms with Gasteiger partial charge in [0.15, 0.2) is 0 Å². The quantitative estimate of drug-likeness (QED) is 0.915. The summed E-state index contributed by atoms with van der Waals surface area (Å²) < 4.78 is 5.23. The van der Waals surface area contributed by atoms with Crippen molar-refractivity contribution in [1.29, 1.82) is 0 Å². The number of benzene rings is 1. The molecule has 1 unspecified atom stereocenters. The van der Waals surface area contributed by atoms with Crippen molar-refractivity contribution in [1.82, 2.24) is 0 Å². The minimum atomic E-state index is 0. The van der Waals surface area contributed by atoms with Gasteiger partial charge in [-0.05, 0) is 30.5 Å². The zero-order chi connectivity index (χ0) is 11.4. The van der Waals surface area contributed by atoms with Crippen molar-refractivity contribution in [2.75, 3.05) is 7.11 Å². The minimum absolute atomic E-state index is 0. The van der Waals surface area contributed by atoms with Crippen molar-refractivity contribution >= 4 is 35.6 Å². The Balaban J connectivity index is 0.00000225. The van der Waals surface area contributed by atoms with E-state index in [1.54, 1.807) is 13.2 Å². The molecule has 0 saturated carbocycles. The summed E-state index contributed by atoms with van der Waals surface area (Å²) in [4.78, 5) is 0. The van der Waals surface area contributed by atoms with Crippen LogP contribution < -0.4 is 10.5 Å². The average Bonchev–Trinajstić information content (AvgIpc) is 2.17. The predicted octanol–water partition coefficient (Wildman–Crippen LogP) is 3.70. The van der Waals surface area contributed by atoms with Crippen molar-refractivity contribution < 1.29 is 4.74 Å². The second-order valence-corrected chi connectivity index (χ2v) is 4.30. The van der Waals surface area contributed by atoms with Crippen LogP contribution in [-0.4, -0.2) is 13.2 Å². The summed E-state index contributed by atoms with van der Waals surface area (Å²) in [5.74, 6) is 0.671. The molecule has 2 nitrogen and oxygen atoms in total. The molecule has 0 aromatic heterocycles. The Labute approximate surface area is 112 Å². The van der Waals surface area contributed by atoms with Crippen LogP contribution in [0.5, 0.6) is 5.75 Å². The Hall–Kier alpha value is -0.150. The molecule has 0 aliphatic carbocycles. The number of halogens is 3. The first kappa shape index (κ1) is 15.9. The molecule has 0 heterocycles. The molecule has 2 N–H and O–H groups in total. The fraction of sp³-hybridized carbons (Fsp3) is 0.455. The molecule has 0 aliphatic heterocycles. The van der Waals surface area contributed by atoms with Crippen molar-refractivity contribution in [3.05, 3.63) is 27.7 Å². The Kier molecular flexibility index (Phi) is 7.16. The first-order valence-electron chi connectivity index (χ1n) is 4.86. The van der Waals surface area contributed by atoms with Crippen molar-refractivity contribution in [2.45, 2.75) is 25.8 Å². The maximum atomic E-state index is 6.01. The molecular weight excluding hydrogens is 268 g/mol. The Morgan fingerprint density at radius 3 is 2.50 bits per heavy atom. The van der Waals surface area contributed by atoms with E-state index in [0.717, 1.165) is 18.4 Å². The van der Waals surface area contributed by atoms with Gasteiger partial charge in [0.2, 0.25) is 0 Å². The number of rotatable bonds is 4. The maximum Gasteiger partial charge on any atom is 0.140 e. The predicted molar refractivity (Wildman–Crippen MR) is 72.2 cm³/mol.